The lowest BCUT2D eigenvalue weighted by molar-refractivity contribution is -0.140. The first kappa shape index (κ1) is 27.7. The highest BCUT2D eigenvalue weighted by molar-refractivity contribution is 5.94. The minimum absolute atomic E-state index is 0.00974. The quantitative estimate of drug-likeness (QED) is 0.380. The van der Waals surface area contributed by atoms with Gasteiger partial charge in [0.1, 0.15) is 18.8 Å². The SMILES string of the molecule is O=C(NC(CCC(=O)N1CCN(c2cccc(NC3=NCC(F)CN3)c2)CC1)C(=O)O)OCc1ccccc1. The van der Waals surface area contributed by atoms with Gasteiger partial charge in [0.05, 0.1) is 13.1 Å². The number of nitrogens with one attached hydrogen (secondary N) is 3. The number of carboxylic acid groups (broad SMARTS) is 1. The van der Waals surface area contributed by atoms with Crippen LogP contribution in [0, 0.1) is 0 Å². The minimum Gasteiger partial charge on any atom is -0.480 e. The fourth-order valence-corrected chi connectivity index (χ4v) is 4.32. The maximum absolute atomic E-state index is 13.3. The molecule has 2 heterocycles. The Bertz CT molecular complexity index is 1170. The molecule has 2 atom stereocenters. The smallest absolute Gasteiger partial charge is 0.408 e. The van der Waals surface area contributed by atoms with Gasteiger partial charge in [-0.3, -0.25) is 4.79 Å². The summed E-state index contributed by atoms with van der Waals surface area (Å²) in [5, 5.41) is 17.9. The number of anilines is 2. The number of nitrogens with zero attached hydrogens (tertiary/aromatic N) is 3. The lowest BCUT2D eigenvalue weighted by atomic mass is 10.1. The summed E-state index contributed by atoms with van der Waals surface area (Å²) in [6.45, 7) is 2.59. The number of halogens is 1. The maximum atomic E-state index is 13.3. The van der Waals surface area contributed by atoms with E-state index in [1.54, 1.807) is 17.0 Å². The van der Waals surface area contributed by atoms with Crippen LogP contribution in [0.2, 0.25) is 0 Å². The summed E-state index contributed by atoms with van der Waals surface area (Å²) >= 11 is 0. The predicted molar refractivity (Wildman–Crippen MR) is 144 cm³/mol. The van der Waals surface area contributed by atoms with Gasteiger partial charge >= 0.3 is 12.1 Å². The van der Waals surface area contributed by atoms with E-state index in [4.69, 9.17) is 4.74 Å². The van der Waals surface area contributed by atoms with Crippen molar-refractivity contribution in [3.05, 3.63) is 60.2 Å². The Kier molecular flexibility index (Phi) is 9.54. The summed E-state index contributed by atoms with van der Waals surface area (Å²) in [6, 6.07) is 15.6. The van der Waals surface area contributed by atoms with Crippen molar-refractivity contribution in [3.63, 3.8) is 0 Å². The number of hydrogen-bond acceptors (Lipinski definition) is 8. The normalized spacial score (nSPS) is 17.9. The van der Waals surface area contributed by atoms with Crippen LogP contribution in [-0.4, -0.2) is 85.4 Å². The van der Waals surface area contributed by atoms with E-state index in [0.29, 0.717) is 32.1 Å². The van der Waals surface area contributed by atoms with E-state index in [9.17, 15) is 23.9 Å². The Balaban J connectivity index is 1.21. The largest absolute Gasteiger partial charge is 0.480 e. The average molecular weight is 541 g/mol. The molecule has 1 saturated heterocycles. The number of aliphatic carboxylic acids is 1. The maximum Gasteiger partial charge on any atom is 0.408 e. The number of alkyl carbamates (subject to hydrolysis) is 1. The summed E-state index contributed by atoms with van der Waals surface area (Å²) in [4.78, 5) is 44.5. The summed E-state index contributed by atoms with van der Waals surface area (Å²) in [6.07, 6.45) is -1.87. The molecule has 39 heavy (non-hydrogen) atoms. The highest BCUT2D eigenvalue weighted by Crippen LogP contribution is 2.21. The van der Waals surface area contributed by atoms with Crippen molar-refractivity contribution in [2.45, 2.75) is 31.7 Å². The Morgan fingerprint density at radius 2 is 1.87 bits per heavy atom. The summed E-state index contributed by atoms with van der Waals surface area (Å²) < 4.78 is 18.4. The third-order valence-electron chi connectivity index (χ3n) is 6.49. The third kappa shape index (κ3) is 8.32. The average Bonchev–Trinajstić information content (AvgIpc) is 2.96. The second-order valence-electron chi connectivity index (χ2n) is 9.35. The molecule has 11 nitrogen and oxygen atoms in total. The van der Waals surface area contributed by atoms with Gasteiger partial charge in [-0.25, -0.2) is 19.0 Å². The molecule has 4 N–H and O–H groups in total. The number of aliphatic imine (C=N–C) groups is 1. The van der Waals surface area contributed by atoms with Crippen LogP contribution in [-0.2, 0) is 20.9 Å². The van der Waals surface area contributed by atoms with Crippen molar-refractivity contribution in [2.24, 2.45) is 4.99 Å². The van der Waals surface area contributed by atoms with Gasteiger partial charge in [0.25, 0.3) is 0 Å². The van der Waals surface area contributed by atoms with Crippen LogP contribution in [0.3, 0.4) is 0 Å². The van der Waals surface area contributed by atoms with Gasteiger partial charge < -0.3 is 35.6 Å². The van der Waals surface area contributed by atoms with Crippen molar-refractivity contribution in [1.29, 1.82) is 0 Å². The van der Waals surface area contributed by atoms with E-state index >= 15 is 0 Å². The number of hydrogen-bond donors (Lipinski definition) is 4. The second-order valence-corrected chi connectivity index (χ2v) is 9.35. The Hall–Kier alpha value is -4.35. The molecular weight excluding hydrogens is 507 g/mol. The highest BCUT2D eigenvalue weighted by Gasteiger charge is 2.26. The van der Waals surface area contributed by atoms with E-state index in [0.717, 1.165) is 16.9 Å². The van der Waals surface area contributed by atoms with Crippen LogP contribution in [0.5, 0.6) is 0 Å². The summed E-state index contributed by atoms with van der Waals surface area (Å²) in [7, 11) is 0. The molecule has 2 amide bonds. The number of guanidine groups is 1. The zero-order valence-electron chi connectivity index (χ0n) is 21.5. The van der Waals surface area contributed by atoms with Crippen molar-refractivity contribution < 1.29 is 28.6 Å². The minimum atomic E-state index is -1.23. The Labute approximate surface area is 226 Å². The topological polar surface area (TPSA) is 136 Å². The second kappa shape index (κ2) is 13.4. The van der Waals surface area contributed by atoms with Crippen LogP contribution >= 0.6 is 0 Å². The van der Waals surface area contributed by atoms with Gasteiger partial charge in [0, 0.05) is 44.0 Å². The molecule has 0 radical (unpaired) electrons. The predicted octanol–water partition coefficient (Wildman–Crippen LogP) is 2.20. The van der Waals surface area contributed by atoms with Gasteiger partial charge in [0.2, 0.25) is 5.91 Å². The summed E-state index contributed by atoms with van der Waals surface area (Å²) in [5.41, 5.74) is 2.59. The lowest BCUT2D eigenvalue weighted by Crippen LogP contribution is -2.49. The third-order valence-corrected chi connectivity index (χ3v) is 6.49. The Morgan fingerprint density at radius 1 is 1.10 bits per heavy atom. The van der Waals surface area contributed by atoms with Crippen LogP contribution in [0.15, 0.2) is 59.6 Å². The van der Waals surface area contributed by atoms with E-state index in [-0.39, 0.29) is 38.4 Å². The first-order valence-electron chi connectivity index (χ1n) is 12.9. The molecule has 0 spiro atoms. The number of amides is 2. The zero-order chi connectivity index (χ0) is 27.6. The van der Waals surface area contributed by atoms with Crippen molar-refractivity contribution in [3.8, 4) is 0 Å². The van der Waals surface area contributed by atoms with Crippen molar-refractivity contribution in [2.75, 3.05) is 49.5 Å². The number of carboxylic acids is 1. The number of benzene rings is 2. The monoisotopic (exact) mass is 540 g/mol. The molecule has 208 valence electrons. The number of piperazine rings is 1. The molecule has 0 aromatic heterocycles. The van der Waals surface area contributed by atoms with Gasteiger partial charge in [-0.05, 0) is 30.2 Å². The molecule has 4 rings (SSSR count). The fraction of sp³-hybridized carbons (Fsp3) is 0.407. The molecule has 2 aliphatic heterocycles. The first-order valence-corrected chi connectivity index (χ1v) is 12.9. The lowest BCUT2D eigenvalue weighted by Gasteiger charge is -2.36. The first-order chi connectivity index (χ1) is 18.9. The fourth-order valence-electron chi connectivity index (χ4n) is 4.32. The Morgan fingerprint density at radius 3 is 2.56 bits per heavy atom. The van der Waals surface area contributed by atoms with Crippen LogP contribution in [0.4, 0.5) is 20.6 Å². The van der Waals surface area contributed by atoms with Crippen LogP contribution < -0.4 is 20.9 Å². The molecule has 2 aromatic rings. The van der Waals surface area contributed by atoms with Crippen molar-refractivity contribution >= 4 is 35.3 Å². The standard InChI is InChI=1S/C27H33FN6O5/c28-20-16-29-26(30-17-20)31-21-7-4-8-22(15-21)33-11-13-34(14-12-33)24(35)10-9-23(25(36)37)32-27(38)39-18-19-5-2-1-3-6-19/h1-8,15,20,23H,9-14,16-18H2,(H,32,38)(H,36,37)(H2,29,30,31). The van der Waals surface area contributed by atoms with E-state index in [1.807, 2.05) is 42.5 Å². The number of carbonyl (C=O) groups excluding carboxylic acids is 2. The molecule has 2 aliphatic rings. The number of ether oxygens (including phenoxy) is 1. The van der Waals surface area contributed by atoms with Crippen LogP contribution in [0.1, 0.15) is 18.4 Å². The molecule has 0 saturated carbocycles. The van der Waals surface area contributed by atoms with E-state index < -0.39 is 24.3 Å². The zero-order valence-corrected chi connectivity index (χ0v) is 21.5. The highest BCUT2D eigenvalue weighted by atomic mass is 19.1. The number of alkyl halides is 1. The number of rotatable bonds is 9. The van der Waals surface area contributed by atoms with Crippen LogP contribution in [0.25, 0.3) is 0 Å². The van der Waals surface area contributed by atoms with E-state index in [2.05, 4.69) is 25.8 Å². The molecule has 1 fully saturated rings. The van der Waals surface area contributed by atoms with Crippen molar-refractivity contribution in [1.82, 2.24) is 15.5 Å². The van der Waals surface area contributed by atoms with Gasteiger partial charge in [0.15, 0.2) is 5.96 Å². The summed E-state index contributed by atoms with van der Waals surface area (Å²) in [5.74, 6) is -0.852. The van der Waals surface area contributed by atoms with E-state index in [1.165, 1.54) is 0 Å². The van der Waals surface area contributed by atoms with Gasteiger partial charge in [-0.15, -0.1) is 0 Å². The number of carbonyl (C=O) groups is 3. The molecule has 2 aromatic carbocycles. The molecule has 0 aliphatic carbocycles. The molecule has 2 unspecified atom stereocenters. The molecular formula is C27H33FN6O5. The molecule has 0 bridgehead atoms. The van der Waals surface area contributed by atoms with Gasteiger partial charge in [-0.2, -0.15) is 0 Å². The van der Waals surface area contributed by atoms with Gasteiger partial charge in [-0.1, -0.05) is 36.4 Å². The molecule has 12 heteroatoms.